The smallest absolute Gasteiger partial charge is 0.252 e. The Bertz CT molecular complexity index is 1390. The van der Waals surface area contributed by atoms with E-state index in [0.717, 1.165) is 42.8 Å². The molecular formula is C25H28N6O5. The monoisotopic (exact) mass is 492 g/mol. The van der Waals surface area contributed by atoms with Crippen LogP contribution >= 0.6 is 0 Å². The van der Waals surface area contributed by atoms with Crippen LogP contribution in [0.15, 0.2) is 45.8 Å². The van der Waals surface area contributed by atoms with E-state index in [1.165, 1.54) is 0 Å². The molecule has 1 aromatic carbocycles. The first kappa shape index (κ1) is 22.7. The molecule has 0 radical (unpaired) electrons. The minimum Gasteiger partial charge on any atom is -0.467 e. The summed E-state index contributed by atoms with van der Waals surface area (Å²) in [5.74, 6) is 2.82. The zero-order valence-electron chi connectivity index (χ0n) is 20.1. The number of hydrogen-bond donors (Lipinski definition) is 1. The first-order chi connectivity index (χ1) is 17.7. The molecule has 0 saturated carbocycles. The molecule has 0 amide bonds. The lowest BCUT2D eigenvalue weighted by atomic mass is 10.1. The molecule has 2 unspecified atom stereocenters. The molecule has 2 atom stereocenters. The van der Waals surface area contributed by atoms with Gasteiger partial charge in [0.05, 0.1) is 23.9 Å². The normalized spacial score (nSPS) is 17.9. The minimum atomic E-state index is -0.135. The van der Waals surface area contributed by atoms with Crippen molar-refractivity contribution in [3.8, 4) is 11.5 Å². The van der Waals surface area contributed by atoms with Crippen LogP contribution in [0.2, 0.25) is 0 Å². The van der Waals surface area contributed by atoms with E-state index in [9.17, 15) is 4.79 Å². The molecule has 1 fully saturated rings. The lowest BCUT2D eigenvalue weighted by molar-refractivity contribution is 0.0488. The van der Waals surface area contributed by atoms with Gasteiger partial charge in [-0.3, -0.25) is 9.69 Å². The maximum Gasteiger partial charge on any atom is 0.252 e. The van der Waals surface area contributed by atoms with Gasteiger partial charge in [0.25, 0.3) is 5.56 Å². The number of pyridine rings is 1. The molecule has 2 aliphatic rings. The van der Waals surface area contributed by atoms with Crippen molar-refractivity contribution < 1.29 is 18.6 Å². The molecule has 0 spiro atoms. The number of furan rings is 1. The number of tetrazole rings is 1. The molecule has 0 aliphatic carbocycles. The van der Waals surface area contributed by atoms with Crippen molar-refractivity contribution in [2.45, 2.75) is 51.4 Å². The maximum absolute atomic E-state index is 13.1. The molecule has 11 nitrogen and oxygen atoms in total. The maximum atomic E-state index is 13.1. The van der Waals surface area contributed by atoms with Gasteiger partial charge >= 0.3 is 0 Å². The fourth-order valence-electron chi connectivity index (χ4n) is 5.05. The van der Waals surface area contributed by atoms with Crippen molar-refractivity contribution in [1.29, 1.82) is 0 Å². The fourth-order valence-corrected chi connectivity index (χ4v) is 5.05. The van der Waals surface area contributed by atoms with Gasteiger partial charge < -0.3 is 23.6 Å². The van der Waals surface area contributed by atoms with Crippen LogP contribution in [0.4, 0.5) is 0 Å². The fraction of sp³-hybridized carbons (Fsp3) is 0.440. The SMILES string of the molecule is CCC(c1nnnn1Cc1ccco1)N(Cc1cc2cc3c(cc2[nH]c1=O)OCO3)CC1CCCO1. The van der Waals surface area contributed by atoms with Crippen LogP contribution in [-0.2, 0) is 17.8 Å². The summed E-state index contributed by atoms with van der Waals surface area (Å²) in [5, 5.41) is 13.4. The van der Waals surface area contributed by atoms with E-state index >= 15 is 0 Å². The molecule has 11 heteroatoms. The number of fused-ring (bicyclic) bond motifs is 2. The van der Waals surface area contributed by atoms with Crippen LogP contribution in [0.3, 0.4) is 0 Å². The van der Waals surface area contributed by atoms with Gasteiger partial charge in [0, 0.05) is 36.7 Å². The number of H-pyrrole nitrogens is 1. The Kier molecular flexibility index (Phi) is 6.16. The van der Waals surface area contributed by atoms with Crippen LogP contribution in [0.25, 0.3) is 10.9 Å². The highest BCUT2D eigenvalue weighted by molar-refractivity contribution is 5.83. The van der Waals surface area contributed by atoms with E-state index in [0.29, 0.717) is 42.2 Å². The summed E-state index contributed by atoms with van der Waals surface area (Å²) >= 11 is 0. The van der Waals surface area contributed by atoms with E-state index in [4.69, 9.17) is 18.6 Å². The first-order valence-electron chi connectivity index (χ1n) is 12.3. The van der Waals surface area contributed by atoms with Crippen LogP contribution in [0.1, 0.15) is 49.4 Å². The Hall–Kier alpha value is -3.70. The van der Waals surface area contributed by atoms with E-state index in [2.05, 4.69) is 32.3 Å². The minimum absolute atomic E-state index is 0.0989. The highest BCUT2D eigenvalue weighted by Crippen LogP contribution is 2.35. The summed E-state index contributed by atoms with van der Waals surface area (Å²) in [5.41, 5.74) is 1.24. The van der Waals surface area contributed by atoms with Crippen molar-refractivity contribution in [1.82, 2.24) is 30.1 Å². The van der Waals surface area contributed by atoms with Crippen molar-refractivity contribution in [2.75, 3.05) is 19.9 Å². The van der Waals surface area contributed by atoms with Gasteiger partial charge in [0.2, 0.25) is 6.79 Å². The van der Waals surface area contributed by atoms with Gasteiger partial charge in [-0.15, -0.1) is 5.10 Å². The van der Waals surface area contributed by atoms with Gasteiger partial charge in [0.1, 0.15) is 12.3 Å². The van der Waals surface area contributed by atoms with Crippen LogP contribution < -0.4 is 15.0 Å². The summed E-state index contributed by atoms with van der Waals surface area (Å²) in [7, 11) is 0. The third-order valence-corrected chi connectivity index (χ3v) is 6.82. The Balaban J connectivity index is 1.34. The van der Waals surface area contributed by atoms with E-state index in [-0.39, 0.29) is 24.5 Å². The molecule has 3 aromatic heterocycles. The zero-order chi connectivity index (χ0) is 24.5. The highest BCUT2D eigenvalue weighted by Gasteiger charge is 2.29. The lowest BCUT2D eigenvalue weighted by Gasteiger charge is -2.32. The second-order valence-electron chi connectivity index (χ2n) is 9.18. The molecule has 36 heavy (non-hydrogen) atoms. The third-order valence-electron chi connectivity index (χ3n) is 6.82. The Morgan fingerprint density at radius 2 is 2.14 bits per heavy atom. The quantitative estimate of drug-likeness (QED) is 0.376. The molecule has 2 aliphatic heterocycles. The predicted molar refractivity (Wildman–Crippen MR) is 129 cm³/mol. The lowest BCUT2D eigenvalue weighted by Crippen LogP contribution is -2.37. The van der Waals surface area contributed by atoms with Crippen LogP contribution in [-0.4, -0.2) is 56.1 Å². The topological polar surface area (TPSA) is 121 Å². The van der Waals surface area contributed by atoms with Gasteiger partial charge in [0.15, 0.2) is 17.3 Å². The largest absolute Gasteiger partial charge is 0.467 e. The molecule has 1 N–H and O–H groups in total. The number of ether oxygens (including phenoxy) is 3. The summed E-state index contributed by atoms with van der Waals surface area (Å²) in [6.07, 6.45) is 4.52. The zero-order valence-corrected chi connectivity index (χ0v) is 20.1. The van der Waals surface area contributed by atoms with E-state index in [1.807, 2.05) is 30.3 Å². The number of aromatic nitrogens is 5. The van der Waals surface area contributed by atoms with E-state index in [1.54, 1.807) is 10.9 Å². The molecular weight excluding hydrogens is 464 g/mol. The highest BCUT2D eigenvalue weighted by atomic mass is 16.7. The number of rotatable bonds is 9. The Labute approximate surface area is 206 Å². The van der Waals surface area contributed by atoms with Crippen molar-refractivity contribution in [3.63, 3.8) is 0 Å². The van der Waals surface area contributed by atoms with Gasteiger partial charge in [-0.2, -0.15) is 0 Å². The van der Waals surface area contributed by atoms with Crippen LogP contribution in [0.5, 0.6) is 11.5 Å². The number of hydrogen-bond acceptors (Lipinski definition) is 9. The van der Waals surface area contributed by atoms with Crippen molar-refractivity contribution in [3.05, 3.63) is 64.1 Å². The summed E-state index contributed by atoms with van der Waals surface area (Å²) < 4.78 is 24.2. The summed E-state index contributed by atoms with van der Waals surface area (Å²) in [4.78, 5) is 18.4. The van der Waals surface area contributed by atoms with Gasteiger partial charge in [-0.25, -0.2) is 4.68 Å². The average Bonchev–Trinajstić information content (AvgIpc) is 3.68. The number of benzene rings is 1. The Morgan fingerprint density at radius 3 is 2.92 bits per heavy atom. The third kappa shape index (κ3) is 4.47. The van der Waals surface area contributed by atoms with Crippen molar-refractivity contribution in [2.24, 2.45) is 0 Å². The molecule has 5 heterocycles. The molecule has 188 valence electrons. The Morgan fingerprint density at radius 1 is 1.25 bits per heavy atom. The van der Waals surface area contributed by atoms with Gasteiger partial charge in [-0.05, 0) is 54.0 Å². The number of nitrogens with one attached hydrogen (secondary N) is 1. The molecule has 4 aromatic rings. The summed E-state index contributed by atoms with van der Waals surface area (Å²) in [6.45, 7) is 4.57. The molecule has 1 saturated heterocycles. The second-order valence-corrected chi connectivity index (χ2v) is 9.18. The second kappa shape index (κ2) is 9.75. The van der Waals surface area contributed by atoms with E-state index < -0.39 is 0 Å². The molecule has 6 rings (SSSR count). The predicted octanol–water partition coefficient (Wildman–Crippen LogP) is 3.02. The first-order valence-corrected chi connectivity index (χ1v) is 12.3. The molecule has 0 bridgehead atoms. The standard InChI is InChI=1S/C25H28N6O5/c1-2-21(24-27-28-29-31(24)14-19-6-4-8-34-19)30(13-18-5-3-7-33-18)12-17-9-16-10-22-23(36-15-35-22)11-20(16)26-25(17)32/h4,6,8-11,18,21H,2-3,5,7,12-15H2,1H3,(H,26,32). The number of nitrogens with zero attached hydrogens (tertiary/aromatic N) is 5. The number of aromatic amines is 1. The van der Waals surface area contributed by atoms with Crippen molar-refractivity contribution >= 4 is 10.9 Å². The van der Waals surface area contributed by atoms with Gasteiger partial charge in [-0.1, -0.05) is 6.92 Å². The average molecular weight is 493 g/mol. The summed E-state index contributed by atoms with van der Waals surface area (Å²) in [6, 6.07) is 9.27. The van der Waals surface area contributed by atoms with Crippen LogP contribution in [0, 0.1) is 0 Å².